The van der Waals surface area contributed by atoms with E-state index in [1.807, 2.05) is 4.57 Å². The van der Waals surface area contributed by atoms with Crippen molar-refractivity contribution in [1.29, 1.82) is 0 Å². The van der Waals surface area contributed by atoms with Crippen molar-refractivity contribution in [3.05, 3.63) is 47.0 Å². The zero-order valence-corrected chi connectivity index (χ0v) is 15.9. The highest BCUT2D eigenvalue weighted by Gasteiger charge is 2.30. The standard InChI is InChI=1S/C19H19ClF3N5/c1-11(13-3-2-4-13)25-17-15-16(26-18(20)27-17)24-10-28(15)9-12-5-7-14(8-6-12)19(21,22)23/h5-8,10-11,13H,2-4,9H2,1H3,(H,25,26,27). The molecule has 1 N–H and O–H groups in total. The molecule has 1 atom stereocenters. The Kier molecular flexibility index (Phi) is 4.91. The number of alkyl halides is 3. The van der Waals surface area contributed by atoms with Gasteiger partial charge in [0.05, 0.1) is 11.9 Å². The monoisotopic (exact) mass is 409 g/mol. The molecule has 4 rings (SSSR count). The van der Waals surface area contributed by atoms with Crippen molar-refractivity contribution in [2.24, 2.45) is 5.92 Å². The predicted molar refractivity (Wildman–Crippen MR) is 101 cm³/mol. The highest BCUT2D eigenvalue weighted by Crippen LogP contribution is 2.33. The third kappa shape index (κ3) is 3.78. The minimum atomic E-state index is -4.35. The number of anilines is 1. The van der Waals surface area contributed by atoms with Crippen LogP contribution in [-0.2, 0) is 12.7 Å². The normalized spacial score (nSPS) is 16.2. The van der Waals surface area contributed by atoms with Gasteiger partial charge in [0.25, 0.3) is 0 Å². The van der Waals surface area contributed by atoms with Gasteiger partial charge in [-0.15, -0.1) is 0 Å². The minimum absolute atomic E-state index is 0.107. The molecule has 5 nitrogen and oxygen atoms in total. The number of fused-ring (bicyclic) bond motifs is 1. The summed E-state index contributed by atoms with van der Waals surface area (Å²) in [4.78, 5) is 12.8. The summed E-state index contributed by atoms with van der Waals surface area (Å²) < 4.78 is 40.1. The smallest absolute Gasteiger partial charge is 0.365 e. The minimum Gasteiger partial charge on any atom is -0.365 e. The molecule has 9 heteroatoms. The zero-order chi connectivity index (χ0) is 19.9. The molecular formula is C19H19ClF3N5. The zero-order valence-electron chi connectivity index (χ0n) is 15.2. The molecule has 0 aliphatic heterocycles. The number of nitrogens with one attached hydrogen (secondary N) is 1. The Balaban J connectivity index is 1.64. The molecule has 0 saturated heterocycles. The first-order chi connectivity index (χ1) is 13.3. The lowest BCUT2D eigenvalue weighted by molar-refractivity contribution is -0.137. The van der Waals surface area contributed by atoms with Gasteiger partial charge >= 0.3 is 6.18 Å². The molecule has 28 heavy (non-hydrogen) atoms. The van der Waals surface area contributed by atoms with Gasteiger partial charge in [-0.2, -0.15) is 23.1 Å². The van der Waals surface area contributed by atoms with E-state index < -0.39 is 11.7 Å². The topological polar surface area (TPSA) is 55.6 Å². The quantitative estimate of drug-likeness (QED) is 0.592. The number of halogens is 4. The van der Waals surface area contributed by atoms with E-state index in [0.717, 1.165) is 17.7 Å². The Morgan fingerprint density at radius 2 is 1.93 bits per heavy atom. The van der Waals surface area contributed by atoms with Gasteiger partial charge in [-0.1, -0.05) is 18.6 Å². The summed E-state index contributed by atoms with van der Waals surface area (Å²) in [6, 6.07) is 5.34. The van der Waals surface area contributed by atoms with E-state index >= 15 is 0 Å². The first-order valence-corrected chi connectivity index (χ1v) is 9.50. The molecule has 1 aromatic carbocycles. The Morgan fingerprint density at radius 1 is 1.21 bits per heavy atom. The summed E-state index contributed by atoms with van der Waals surface area (Å²) >= 11 is 6.05. The van der Waals surface area contributed by atoms with Crippen LogP contribution in [0.1, 0.15) is 37.3 Å². The predicted octanol–water partition coefficient (Wildman–Crippen LogP) is 5.15. The van der Waals surface area contributed by atoms with Crippen LogP contribution in [0.5, 0.6) is 0 Å². The lowest BCUT2D eigenvalue weighted by Gasteiger charge is -2.32. The summed E-state index contributed by atoms with van der Waals surface area (Å²) in [7, 11) is 0. The number of benzene rings is 1. The Labute approximate surface area is 165 Å². The van der Waals surface area contributed by atoms with Crippen LogP contribution in [-0.4, -0.2) is 25.6 Å². The maximum Gasteiger partial charge on any atom is 0.416 e. The van der Waals surface area contributed by atoms with E-state index in [0.29, 0.717) is 29.4 Å². The van der Waals surface area contributed by atoms with Gasteiger partial charge in [0.2, 0.25) is 5.28 Å². The van der Waals surface area contributed by atoms with Crippen molar-refractivity contribution in [2.75, 3.05) is 5.32 Å². The third-order valence-corrected chi connectivity index (χ3v) is 5.47. The average Bonchev–Trinajstić information content (AvgIpc) is 2.95. The van der Waals surface area contributed by atoms with Crippen LogP contribution in [0.25, 0.3) is 11.2 Å². The number of rotatable bonds is 5. The number of hydrogen-bond donors (Lipinski definition) is 1. The summed E-state index contributed by atoms with van der Waals surface area (Å²) in [5.74, 6) is 1.19. The van der Waals surface area contributed by atoms with E-state index in [1.54, 1.807) is 6.33 Å². The number of imidazole rings is 1. The first kappa shape index (κ1) is 19.0. The molecule has 1 unspecified atom stereocenters. The van der Waals surface area contributed by atoms with Crippen molar-refractivity contribution in [3.63, 3.8) is 0 Å². The molecule has 1 aliphatic rings. The van der Waals surface area contributed by atoms with Crippen LogP contribution in [0.15, 0.2) is 30.6 Å². The van der Waals surface area contributed by atoms with E-state index in [-0.39, 0.29) is 11.3 Å². The van der Waals surface area contributed by atoms with Crippen LogP contribution in [0.4, 0.5) is 19.0 Å². The third-order valence-electron chi connectivity index (χ3n) is 5.30. The van der Waals surface area contributed by atoms with E-state index in [4.69, 9.17) is 11.6 Å². The number of nitrogens with zero attached hydrogens (tertiary/aromatic N) is 4. The molecule has 2 heterocycles. The molecule has 0 bridgehead atoms. The fraction of sp³-hybridized carbons (Fsp3) is 0.421. The van der Waals surface area contributed by atoms with Gasteiger partial charge in [0.1, 0.15) is 5.52 Å². The molecule has 2 aromatic heterocycles. The molecule has 0 spiro atoms. The van der Waals surface area contributed by atoms with E-state index in [9.17, 15) is 13.2 Å². The second-order valence-corrected chi connectivity index (χ2v) is 7.54. The van der Waals surface area contributed by atoms with E-state index in [1.165, 1.54) is 31.4 Å². The largest absolute Gasteiger partial charge is 0.416 e. The van der Waals surface area contributed by atoms with Crippen LogP contribution in [0.2, 0.25) is 5.28 Å². The van der Waals surface area contributed by atoms with Crippen LogP contribution in [0, 0.1) is 5.92 Å². The van der Waals surface area contributed by atoms with Gasteiger partial charge in [0.15, 0.2) is 11.5 Å². The molecule has 0 radical (unpaired) electrons. The summed E-state index contributed by atoms with van der Waals surface area (Å²) in [5.41, 5.74) is 1.20. The molecule has 1 aliphatic carbocycles. The summed E-state index contributed by atoms with van der Waals surface area (Å²) in [5, 5.41) is 3.53. The fourth-order valence-corrected chi connectivity index (χ4v) is 3.61. The molecule has 1 fully saturated rings. The highest BCUT2D eigenvalue weighted by molar-refractivity contribution is 6.28. The van der Waals surface area contributed by atoms with Crippen molar-refractivity contribution in [3.8, 4) is 0 Å². The second kappa shape index (κ2) is 7.24. The van der Waals surface area contributed by atoms with Gasteiger partial charge in [-0.25, -0.2) is 4.98 Å². The van der Waals surface area contributed by atoms with Gasteiger partial charge < -0.3 is 9.88 Å². The van der Waals surface area contributed by atoms with Gasteiger partial charge in [0, 0.05) is 12.6 Å². The molecule has 3 aromatic rings. The van der Waals surface area contributed by atoms with Crippen molar-refractivity contribution in [2.45, 2.75) is 44.9 Å². The molecule has 0 amide bonds. The maximum absolute atomic E-state index is 12.8. The second-order valence-electron chi connectivity index (χ2n) is 7.20. The number of aromatic nitrogens is 4. The van der Waals surface area contributed by atoms with Crippen molar-refractivity contribution in [1.82, 2.24) is 19.5 Å². The Bertz CT molecular complexity index is 980. The average molecular weight is 410 g/mol. The maximum atomic E-state index is 12.8. The van der Waals surface area contributed by atoms with Crippen LogP contribution >= 0.6 is 11.6 Å². The molecule has 148 valence electrons. The summed E-state index contributed by atoms with van der Waals surface area (Å²) in [6.45, 7) is 2.47. The lowest BCUT2D eigenvalue weighted by atomic mass is 9.80. The molecular weight excluding hydrogens is 391 g/mol. The van der Waals surface area contributed by atoms with Crippen molar-refractivity contribution >= 4 is 28.6 Å². The van der Waals surface area contributed by atoms with Crippen LogP contribution < -0.4 is 5.32 Å². The number of hydrogen-bond acceptors (Lipinski definition) is 4. The molecule has 1 saturated carbocycles. The van der Waals surface area contributed by atoms with E-state index in [2.05, 4.69) is 27.2 Å². The van der Waals surface area contributed by atoms with Crippen molar-refractivity contribution < 1.29 is 13.2 Å². The SMILES string of the molecule is CC(Nc1nc(Cl)nc2ncn(Cc3ccc(C(F)(F)F)cc3)c12)C1CCC1. The van der Waals surface area contributed by atoms with Gasteiger partial charge in [-0.3, -0.25) is 0 Å². The lowest BCUT2D eigenvalue weighted by Crippen LogP contribution is -2.31. The Morgan fingerprint density at radius 3 is 2.54 bits per heavy atom. The highest BCUT2D eigenvalue weighted by atomic mass is 35.5. The van der Waals surface area contributed by atoms with Crippen LogP contribution in [0.3, 0.4) is 0 Å². The summed E-state index contributed by atoms with van der Waals surface area (Å²) in [6.07, 6.45) is 0.858. The Hall–Kier alpha value is -2.35. The fourth-order valence-electron chi connectivity index (χ4n) is 3.44. The first-order valence-electron chi connectivity index (χ1n) is 9.12. The van der Waals surface area contributed by atoms with Gasteiger partial charge in [-0.05, 0) is 55.0 Å².